The second kappa shape index (κ2) is 2.21. The number of hydrogen-bond acceptors (Lipinski definition) is 1. The van der Waals surface area contributed by atoms with Crippen LogP contribution in [-0.4, -0.2) is 0 Å². The van der Waals surface area contributed by atoms with Crippen molar-refractivity contribution in [3.63, 3.8) is 0 Å². The van der Waals surface area contributed by atoms with Gasteiger partial charge in [-0.3, -0.25) is 0 Å². The predicted molar refractivity (Wildman–Crippen MR) is 27.5 cm³/mol. The van der Waals surface area contributed by atoms with Gasteiger partial charge in [-0.1, -0.05) is 0 Å². The van der Waals surface area contributed by atoms with Crippen molar-refractivity contribution in [2.45, 2.75) is 0 Å². The summed E-state index contributed by atoms with van der Waals surface area (Å²) < 4.78 is 10.0. The molecule has 1 nitrogen and oxygen atoms in total. The molecule has 0 saturated heterocycles. The van der Waals surface area contributed by atoms with Crippen LogP contribution in [0.2, 0.25) is 0 Å². The zero-order valence-electron chi connectivity index (χ0n) is 1.99. The standard InChI is InChI=1S/3BrH.O.V/h3*1H;;/q;;;;+3/p-3. The first-order valence-corrected chi connectivity index (χ1v) is 11.6. The summed E-state index contributed by atoms with van der Waals surface area (Å²) in [5.41, 5.74) is 0. The Morgan fingerprint density at radius 1 is 1.20 bits per heavy atom. The molecule has 0 aromatic heterocycles. The molecular formula is Br3OV. The van der Waals surface area contributed by atoms with Crippen LogP contribution in [0.4, 0.5) is 0 Å². The van der Waals surface area contributed by atoms with Crippen LogP contribution >= 0.6 is 41.4 Å². The van der Waals surface area contributed by atoms with Crippen LogP contribution in [0, 0.1) is 0 Å². The van der Waals surface area contributed by atoms with Crippen molar-refractivity contribution >= 4 is 41.4 Å². The van der Waals surface area contributed by atoms with Crippen molar-refractivity contribution in [3.8, 4) is 0 Å². The number of hydrogen-bond donors (Lipinski definition) is 0. The molecule has 0 rings (SSSR count). The van der Waals surface area contributed by atoms with Crippen molar-refractivity contribution < 1.29 is 11.9 Å². The van der Waals surface area contributed by atoms with E-state index in [1.807, 2.05) is 0 Å². The molecule has 0 saturated carbocycles. The minimum absolute atomic E-state index is 2.69. The monoisotopic (exact) mass is 304 g/mol. The van der Waals surface area contributed by atoms with Gasteiger partial charge in [0, 0.05) is 0 Å². The van der Waals surface area contributed by atoms with E-state index in [0.29, 0.717) is 0 Å². The molecule has 0 spiro atoms. The summed E-state index contributed by atoms with van der Waals surface area (Å²) in [7, 11) is -2.69. The number of halogens is 3. The van der Waals surface area contributed by atoms with E-state index in [-0.39, 0.29) is 0 Å². The van der Waals surface area contributed by atoms with E-state index in [0.717, 1.165) is 0 Å². The molecule has 0 aliphatic heterocycles. The number of rotatable bonds is 0. The van der Waals surface area contributed by atoms with E-state index in [1.54, 1.807) is 0 Å². The molecule has 32 valence electrons. The van der Waals surface area contributed by atoms with Crippen LogP contribution in [0.15, 0.2) is 0 Å². The molecular weight excluding hydrogens is 307 g/mol. The van der Waals surface area contributed by atoms with Crippen LogP contribution in [0.25, 0.3) is 0 Å². The molecule has 0 atom stereocenters. The summed E-state index contributed by atoms with van der Waals surface area (Å²) >= 11 is 8.47. The Kier molecular flexibility index (Phi) is 3.02. The maximum atomic E-state index is 10.0. The van der Waals surface area contributed by atoms with E-state index in [9.17, 15) is 3.67 Å². The van der Waals surface area contributed by atoms with Gasteiger partial charge in [-0.05, 0) is 0 Å². The Morgan fingerprint density at radius 2 is 1.20 bits per heavy atom. The molecule has 0 bridgehead atoms. The van der Waals surface area contributed by atoms with Gasteiger partial charge in [0.2, 0.25) is 0 Å². The summed E-state index contributed by atoms with van der Waals surface area (Å²) in [5.74, 6) is 0. The normalized spacial score (nSPS) is 11.8. The van der Waals surface area contributed by atoms with Crippen LogP contribution in [-0.2, 0) is 11.9 Å². The molecule has 0 heterocycles. The van der Waals surface area contributed by atoms with Gasteiger partial charge in [0.05, 0.1) is 0 Å². The molecule has 0 amide bonds. The third kappa shape index (κ3) is 25.6. The first-order chi connectivity index (χ1) is 2.00. The SMILES string of the molecule is [O]=[V]([Br])([Br])[Br]. The van der Waals surface area contributed by atoms with Gasteiger partial charge in [0.1, 0.15) is 0 Å². The molecule has 0 fully saturated rings. The van der Waals surface area contributed by atoms with E-state index in [2.05, 4.69) is 41.4 Å². The fraction of sp³-hybridized carbons (Fsp3) is 0. The van der Waals surface area contributed by atoms with Crippen molar-refractivity contribution in [2.75, 3.05) is 0 Å². The average Bonchev–Trinajstić information content (AvgIpc) is 0.722. The Morgan fingerprint density at radius 3 is 1.20 bits per heavy atom. The van der Waals surface area contributed by atoms with Gasteiger partial charge in [-0.25, -0.2) is 0 Å². The molecule has 0 aromatic rings. The minimum atomic E-state index is -2.69. The molecule has 0 aromatic carbocycles. The first-order valence-electron chi connectivity index (χ1n) is 0.690. The molecule has 0 unspecified atom stereocenters. The molecule has 0 aliphatic carbocycles. The summed E-state index contributed by atoms with van der Waals surface area (Å²) in [6, 6.07) is 0. The van der Waals surface area contributed by atoms with Crippen LogP contribution < -0.4 is 0 Å². The third-order valence-electron chi connectivity index (χ3n) is 0. The Bertz CT molecular complexity index is 53.0. The van der Waals surface area contributed by atoms with Gasteiger partial charge in [-0.15, -0.1) is 0 Å². The second-order valence-corrected chi connectivity index (χ2v) is 25.8. The zero-order valence-corrected chi connectivity index (χ0v) is 8.14. The fourth-order valence-electron chi connectivity index (χ4n) is 0. The summed E-state index contributed by atoms with van der Waals surface area (Å²) in [5, 5.41) is 0. The van der Waals surface area contributed by atoms with Gasteiger partial charge in [0.25, 0.3) is 0 Å². The van der Waals surface area contributed by atoms with Gasteiger partial charge in [-0.2, -0.15) is 0 Å². The van der Waals surface area contributed by atoms with Crippen LogP contribution in [0.1, 0.15) is 0 Å². The zero-order chi connectivity index (χ0) is 4.50. The van der Waals surface area contributed by atoms with E-state index >= 15 is 0 Å². The van der Waals surface area contributed by atoms with Crippen molar-refractivity contribution in [1.29, 1.82) is 0 Å². The Labute approximate surface area is 52.8 Å². The second-order valence-electron chi connectivity index (χ2n) is 0.399. The first kappa shape index (κ1) is 6.82. The molecule has 0 radical (unpaired) electrons. The Balaban J connectivity index is 3.47. The summed E-state index contributed by atoms with van der Waals surface area (Å²) in [4.78, 5) is 0. The molecule has 5 heteroatoms. The van der Waals surface area contributed by atoms with E-state index < -0.39 is 8.27 Å². The fourth-order valence-corrected chi connectivity index (χ4v) is 0. The predicted octanol–water partition coefficient (Wildman–Crippen LogP) is 2.42. The van der Waals surface area contributed by atoms with Crippen LogP contribution in [0.3, 0.4) is 0 Å². The Hall–Kier alpha value is 1.82. The van der Waals surface area contributed by atoms with E-state index in [1.165, 1.54) is 0 Å². The third-order valence-corrected chi connectivity index (χ3v) is 0. The van der Waals surface area contributed by atoms with Crippen LogP contribution in [0.5, 0.6) is 0 Å². The van der Waals surface area contributed by atoms with Gasteiger partial charge >= 0.3 is 53.4 Å². The van der Waals surface area contributed by atoms with Gasteiger partial charge < -0.3 is 0 Å². The van der Waals surface area contributed by atoms with Crippen molar-refractivity contribution in [3.05, 3.63) is 0 Å². The maximum absolute atomic E-state index is 10.0. The molecule has 0 aliphatic rings. The molecule has 0 N–H and O–H groups in total. The summed E-state index contributed by atoms with van der Waals surface area (Å²) in [6.07, 6.45) is 0. The molecule has 5 heavy (non-hydrogen) atoms. The van der Waals surface area contributed by atoms with E-state index in [4.69, 9.17) is 0 Å². The topological polar surface area (TPSA) is 17.1 Å². The summed E-state index contributed by atoms with van der Waals surface area (Å²) in [6.45, 7) is 0. The average molecular weight is 307 g/mol. The van der Waals surface area contributed by atoms with Gasteiger partial charge in [0.15, 0.2) is 0 Å². The van der Waals surface area contributed by atoms with Crippen molar-refractivity contribution in [2.24, 2.45) is 0 Å². The quantitative estimate of drug-likeness (QED) is 0.672. The van der Waals surface area contributed by atoms with Crippen molar-refractivity contribution in [1.82, 2.24) is 0 Å².